The van der Waals surface area contributed by atoms with E-state index >= 15 is 0 Å². The van der Waals surface area contributed by atoms with E-state index < -0.39 is 0 Å². The number of pyridine rings is 1. The van der Waals surface area contributed by atoms with Crippen molar-refractivity contribution in [3.8, 4) is 11.3 Å². The average Bonchev–Trinajstić information content (AvgIpc) is 3.33. The molecule has 0 atom stereocenters. The van der Waals surface area contributed by atoms with Crippen LogP contribution in [0, 0.1) is 0 Å². The number of anilines is 2. The fourth-order valence-corrected chi connectivity index (χ4v) is 4.66. The van der Waals surface area contributed by atoms with Crippen molar-refractivity contribution in [2.45, 2.75) is 96.2 Å². The van der Waals surface area contributed by atoms with Gasteiger partial charge in [0, 0.05) is 37.6 Å². The molecule has 0 spiro atoms. The summed E-state index contributed by atoms with van der Waals surface area (Å²) in [6, 6.07) is 5.45. The number of unbranched alkanes of at least 4 members (excludes halogenated alkanes) is 1. The van der Waals surface area contributed by atoms with Crippen molar-refractivity contribution in [1.29, 1.82) is 0 Å². The van der Waals surface area contributed by atoms with E-state index in [1.165, 1.54) is 63.4 Å². The molecule has 4 rings (SSSR count). The van der Waals surface area contributed by atoms with E-state index in [4.69, 9.17) is 9.97 Å². The van der Waals surface area contributed by atoms with Crippen LogP contribution >= 0.6 is 0 Å². The number of hydrogen-bond acceptors (Lipinski definition) is 6. The Morgan fingerprint density at radius 3 is 2.42 bits per heavy atom. The highest BCUT2D eigenvalue weighted by Crippen LogP contribution is 2.29. The predicted octanol–water partition coefficient (Wildman–Crippen LogP) is 5.53. The zero-order chi connectivity index (χ0) is 21.3. The molecule has 0 aromatic carbocycles. The van der Waals surface area contributed by atoms with Crippen LogP contribution < -0.4 is 16.0 Å². The molecule has 2 aliphatic rings. The number of nitrogens with zero attached hydrogens (tertiary/aromatic N) is 3. The van der Waals surface area contributed by atoms with Gasteiger partial charge in [-0.25, -0.2) is 4.98 Å². The average molecular weight is 423 g/mol. The number of aromatic nitrogens is 3. The van der Waals surface area contributed by atoms with Gasteiger partial charge in [-0.2, -0.15) is 4.98 Å². The van der Waals surface area contributed by atoms with Crippen molar-refractivity contribution in [2.75, 3.05) is 17.2 Å². The van der Waals surface area contributed by atoms with Gasteiger partial charge in [0.1, 0.15) is 5.82 Å². The second-order valence-corrected chi connectivity index (χ2v) is 9.13. The summed E-state index contributed by atoms with van der Waals surface area (Å²) in [6.07, 6.45) is 17.9. The third-order valence-corrected chi connectivity index (χ3v) is 6.60. The Morgan fingerprint density at radius 1 is 0.903 bits per heavy atom. The second kappa shape index (κ2) is 11.4. The van der Waals surface area contributed by atoms with E-state index in [0.717, 1.165) is 43.0 Å². The standard InChI is InChI=1S/C25H38N6/c1-2-3-15-26-25-29-18-22(24(31-25)30-21-11-5-4-6-12-21)23-14-13-19(17-28-23)16-27-20-9-7-8-10-20/h13-14,17-18,20-21,27H,2-12,15-16H2,1H3,(H2,26,29,30,31). The molecule has 2 heterocycles. The topological polar surface area (TPSA) is 74.8 Å². The molecule has 2 aliphatic carbocycles. The second-order valence-electron chi connectivity index (χ2n) is 9.13. The van der Waals surface area contributed by atoms with Crippen LogP contribution in [-0.4, -0.2) is 33.6 Å². The summed E-state index contributed by atoms with van der Waals surface area (Å²) >= 11 is 0. The lowest BCUT2D eigenvalue weighted by atomic mass is 9.95. The Morgan fingerprint density at radius 2 is 1.68 bits per heavy atom. The maximum atomic E-state index is 4.84. The summed E-state index contributed by atoms with van der Waals surface area (Å²) < 4.78 is 0. The normalized spacial score (nSPS) is 17.7. The van der Waals surface area contributed by atoms with Gasteiger partial charge in [-0.3, -0.25) is 4.98 Å². The molecular formula is C25H38N6. The minimum Gasteiger partial charge on any atom is -0.367 e. The molecule has 0 radical (unpaired) electrons. The first-order valence-electron chi connectivity index (χ1n) is 12.4. The third-order valence-electron chi connectivity index (χ3n) is 6.60. The number of rotatable bonds is 10. The highest BCUT2D eigenvalue weighted by atomic mass is 15.1. The number of hydrogen-bond donors (Lipinski definition) is 3. The van der Waals surface area contributed by atoms with Crippen molar-refractivity contribution in [3.05, 3.63) is 30.1 Å². The molecule has 6 nitrogen and oxygen atoms in total. The highest BCUT2D eigenvalue weighted by Gasteiger charge is 2.18. The van der Waals surface area contributed by atoms with Crippen LogP contribution in [0.3, 0.4) is 0 Å². The van der Waals surface area contributed by atoms with Crippen molar-refractivity contribution < 1.29 is 0 Å². The summed E-state index contributed by atoms with van der Waals surface area (Å²) in [5.74, 6) is 1.61. The molecule has 6 heteroatoms. The molecule has 0 bridgehead atoms. The Bertz CT molecular complexity index is 794. The van der Waals surface area contributed by atoms with Crippen molar-refractivity contribution >= 4 is 11.8 Å². The fourth-order valence-electron chi connectivity index (χ4n) is 4.66. The van der Waals surface area contributed by atoms with Crippen molar-refractivity contribution in [1.82, 2.24) is 20.3 Å². The van der Waals surface area contributed by atoms with Gasteiger partial charge in [0.05, 0.1) is 11.3 Å². The minimum atomic E-state index is 0.487. The first kappa shape index (κ1) is 22.0. The Kier molecular flexibility index (Phi) is 8.11. The van der Waals surface area contributed by atoms with Gasteiger partial charge in [-0.05, 0) is 43.7 Å². The monoisotopic (exact) mass is 422 g/mol. The largest absolute Gasteiger partial charge is 0.367 e. The summed E-state index contributed by atoms with van der Waals surface area (Å²) in [4.78, 5) is 14.2. The molecule has 2 aromatic heterocycles. The van der Waals surface area contributed by atoms with Crippen LogP contribution in [0.1, 0.15) is 83.1 Å². The number of nitrogens with one attached hydrogen (secondary N) is 3. The molecule has 0 aliphatic heterocycles. The van der Waals surface area contributed by atoms with Crippen LogP contribution in [0.4, 0.5) is 11.8 Å². The molecule has 2 saturated carbocycles. The first-order valence-corrected chi connectivity index (χ1v) is 12.4. The van der Waals surface area contributed by atoms with Gasteiger partial charge in [0.15, 0.2) is 0 Å². The summed E-state index contributed by atoms with van der Waals surface area (Å²) in [7, 11) is 0. The van der Waals surface area contributed by atoms with Crippen LogP contribution in [-0.2, 0) is 6.54 Å². The molecule has 2 fully saturated rings. The predicted molar refractivity (Wildman–Crippen MR) is 128 cm³/mol. The van der Waals surface area contributed by atoms with Gasteiger partial charge < -0.3 is 16.0 Å². The van der Waals surface area contributed by atoms with E-state index in [0.29, 0.717) is 18.0 Å². The smallest absolute Gasteiger partial charge is 0.224 e. The molecular weight excluding hydrogens is 384 g/mol. The lowest BCUT2D eigenvalue weighted by molar-refractivity contribution is 0.462. The quantitative estimate of drug-likeness (QED) is 0.437. The molecule has 168 valence electrons. The summed E-state index contributed by atoms with van der Waals surface area (Å²) in [5, 5.41) is 10.7. The first-order chi connectivity index (χ1) is 15.3. The van der Waals surface area contributed by atoms with Crippen LogP contribution in [0.2, 0.25) is 0 Å². The van der Waals surface area contributed by atoms with Gasteiger partial charge in [-0.15, -0.1) is 0 Å². The zero-order valence-corrected chi connectivity index (χ0v) is 19.0. The van der Waals surface area contributed by atoms with Gasteiger partial charge in [0.2, 0.25) is 5.95 Å². The van der Waals surface area contributed by atoms with E-state index in [9.17, 15) is 0 Å². The molecule has 31 heavy (non-hydrogen) atoms. The van der Waals surface area contributed by atoms with E-state index in [2.05, 4.69) is 40.0 Å². The SMILES string of the molecule is CCCCNc1ncc(-c2ccc(CNC3CCCC3)cn2)c(NC2CCCCC2)n1. The van der Waals surface area contributed by atoms with Crippen LogP contribution in [0.25, 0.3) is 11.3 Å². The maximum Gasteiger partial charge on any atom is 0.224 e. The molecule has 0 unspecified atom stereocenters. The third kappa shape index (κ3) is 6.39. The van der Waals surface area contributed by atoms with Crippen LogP contribution in [0.15, 0.2) is 24.5 Å². The Labute approximate surface area is 187 Å². The van der Waals surface area contributed by atoms with Gasteiger partial charge in [0.25, 0.3) is 0 Å². The summed E-state index contributed by atoms with van der Waals surface area (Å²) in [6.45, 7) is 3.99. The molecule has 0 saturated heterocycles. The highest BCUT2D eigenvalue weighted by molar-refractivity contribution is 5.72. The molecule has 3 N–H and O–H groups in total. The Hall–Kier alpha value is -2.21. The Balaban J connectivity index is 1.47. The molecule has 0 amide bonds. The van der Waals surface area contributed by atoms with E-state index in [-0.39, 0.29) is 0 Å². The van der Waals surface area contributed by atoms with Crippen molar-refractivity contribution in [2.24, 2.45) is 0 Å². The maximum absolute atomic E-state index is 4.84. The van der Waals surface area contributed by atoms with Crippen LogP contribution in [0.5, 0.6) is 0 Å². The van der Waals surface area contributed by atoms with E-state index in [1.54, 1.807) is 0 Å². The van der Waals surface area contributed by atoms with Gasteiger partial charge in [-0.1, -0.05) is 51.5 Å². The zero-order valence-electron chi connectivity index (χ0n) is 19.0. The van der Waals surface area contributed by atoms with Crippen molar-refractivity contribution in [3.63, 3.8) is 0 Å². The van der Waals surface area contributed by atoms with Gasteiger partial charge >= 0.3 is 0 Å². The molecule has 2 aromatic rings. The lowest BCUT2D eigenvalue weighted by Crippen LogP contribution is -2.25. The minimum absolute atomic E-state index is 0.487. The summed E-state index contributed by atoms with van der Waals surface area (Å²) in [5.41, 5.74) is 3.15. The van der Waals surface area contributed by atoms with E-state index in [1.807, 2.05) is 12.4 Å². The fraction of sp³-hybridized carbons (Fsp3) is 0.640. The lowest BCUT2D eigenvalue weighted by Gasteiger charge is -2.24.